The van der Waals surface area contributed by atoms with E-state index >= 15 is 0 Å². The van der Waals surface area contributed by atoms with Crippen LogP contribution < -0.4 is 0 Å². The first-order chi connectivity index (χ1) is 9.55. The second kappa shape index (κ2) is 6.62. The monoisotopic (exact) mass is 293 g/mol. The van der Waals surface area contributed by atoms with Crippen molar-refractivity contribution in [3.63, 3.8) is 0 Å². The van der Waals surface area contributed by atoms with Gasteiger partial charge in [0.15, 0.2) is 0 Å². The van der Waals surface area contributed by atoms with Crippen LogP contribution in [0.15, 0.2) is 30.3 Å². The van der Waals surface area contributed by atoms with Crippen LogP contribution in [0.4, 0.5) is 0 Å². The summed E-state index contributed by atoms with van der Waals surface area (Å²) in [7, 11) is 0. The molecule has 1 aliphatic rings. The first-order valence-corrected chi connectivity index (χ1v) is 8.00. The van der Waals surface area contributed by atoms with Crippen molar-refractivity contribution in [2.24, 2.45) is 5.92 Å². The van der Waals surface area contributed by atoms with Gasteiger partial charge in [-0.3, -0.25) is 4.79 Å². The van der Waals surface area contributed by atoms with Crippen LogP contribution in [0.2, 0.25) is 0 Å². The highest BCUT2D eigenvalue weighted by Crippen LogP contribution is 2.29. The van der Waals surface area contributed by atoms with Crippen molar-refractivity contribution in [2.75, 3.05) is 19.0 Å². The third kappa shape index (κ3) is 3.35. The van der Waals surface area contributed by atoms with Crippen LogP contribution in [0.25, 0.3) is 0 Å². The lowest BCUT2D eigenvalue weighted by atomic mass is 9.82. The van der Waals surface area contributed by atoms with Crippen molar-refractivity contribution in [3.05, 3.63) is 35.9 Å². The summed E-state index contributed by atoms with van der Waals surface area (Å²) >= 11 is 5.84. The normalized spacial score (nSPS) is 19.9. The molecule has 1 aromatic carbocycles. The highest BCUT2D eigenvalue weighted by Gasteiger charge is 2.35. The van der Waals surface area contributed by atoms with E-state index in [9.17, 15) is 4.79 Å². The number of hydrogen-bond acceptors (Lipinski definition) is 1. The number of alkyl halides is 1. The number of rotatable bonds is 4. The number of nitrogens with zero attached hydrogens (tertiary/aromatic N) is 1. The summed E-state index contributed by atoms with van der Waals surface area (Å²) in [6, 6.07) is 10.1. The van der Waals surface area contributed by atoms with Crippen LogP contribution in [0.1, 0.15) is 38.7 Å². The first-order valence-electron chi connectivity index (χ1n) is 7.46. The maximum Gasteiger partial charge on any atom is 0.232 e. The van der Waals surface area contributed by atoms with Gasteiger partial charge in [-0.2, -0.15) is 0 Å². The predicted octanol–water partition coefficient (Wildman–Crippen LogP) is 3.83. The van der Waals surface area contributed by atoms with Crippen LogP contribution in [-0.4, -0.2) is 29.8 Å². The van der Waals surface area contributed by atoms with Gasteiger partial charge >= 0.3 is 0 Å². The molecular weight excluding hydrogens is 270 g/mol. The SMILES string of the molecule is CC(C)(C(=O)N1CCCC(CCCl)C1)c1ccccc1. The van der Waals surface area contributed by atoms with Gasteiger partial charge in [-0.1, -0.05) is 30.3 Å². The van der Waals surface area contributed by atoms with E-state index in [1.165, 1.54) is 6.42 Å². The van der Waals surface area contributed by atoms with Gasteiger partial charge in [0, 0.05) is 19.0 Å². The Hall–Kier alpha value is -1.02. The fourth-order valence-corrected chi connectivity index (χ4v) is 3.32. The Bertz CT molecular complexity index is 442. The fraction of sp³-hybridized carbons (Fsp3) is 0.588. The molecule has 0 saturated carbocycles. The average molecular weight is 294 g/mol. The Morgan fingerprint density at radius 3 is 2.70 bits per heavy atom. The van der Waals surface area contributed by atoms with Crippen LogP contribution >= 0.6 is 11.6 Å². The molecule has 1 aliphatic heterocycles. The molecular formula is C17H24ClNO. The highest BCUT2D eigenvalue weighted by atomic mass is 35.5. The largest absolute Gasteiger partial charge is 0.342 e. The van der Waals surface area contributed by atoms with Gasteiger partial charge in [0.2, 0.25) is 5.91 Å². The number of likely N-dealkylation sites (tertiary alicyclic amines) is 1. The van der Waals surface area contributed by atoms with Crippen molar-refractivity contribution < 1.29 is 4.79 Å². The van der Waals surface area contributed by atoms with Gasteiger partial charge < -0.3 is 4.90 Å². The highest BCUT2D eigenvalue weighted by molar-refractivity contribution is 6.17. The van der Waals surface area contributed by atoms with E-state index in [0.717, 1.165) is 31.5 Å². The Morgan fingerprint density at radius 1 is 1.35 bits per heavy atom. The van der Waals surface area contributed by atoms with E-state index < -0.39 is 5.41 Å². The lowest BCUT2D eigenvalue weighted by Crippen LogP contribution is -2.48. The molecule has 0 aromatic heterocycles. The quantitative estimate of drug-likeness (QED) is 0.773. The summed E-state index contributed by atoms with van der Waals surface area (Å²) in [5.74, 6) is 1.49. The third-order valence-electron chi connectivity index (χ3n) is 4.35. The molecule has 3 heteroatoms. The van der Waals surface area contributed by atoms with Crippen molar-refractivity contribution in [3.8, 4) is 0 Å². The smallest absolute Gasteiger partial charge is 0.232 e. The Morgan fingerprint density at radius 2 is 2.05 bits per heavy atom. The van der Waals surface area contributed by atoms with Gasteiger partial charge in [-0.25, -0.2) is 0 Å². The van der Waals surface area contributed by atoms with Gasteiger partial charge in [0.1, 0.15) is 0 Å². The molecule has 1 amide bonds. The van der Waals surface area contributed by atoms with E-state index in [4.69, 9.17) is 11.6 Å². The van der Waals surface area contributed by atoms with E-state index in [1.54, 1.807) is 0 Å². The summed E-state index contributed by atoms with van der Waals surface area (Å²) in [5.41, 5.74) is 0.633. The molecule has 0 bridgehead atoms. The van der Waals surface area contributed by atoms with E-state index in [1.807, 2.05) is 49.1 Å². The molecule has 2 nitrogen and oxygen atoms in total. The molecule has 0 aliphatic carbocycles. The van der Waals surface area contributed by atoms with Crippen LogP contribution in [0.5, 0.6) is 0 Å². The molecule has 0 spiro atoms. The minimum Gasteiger partial charge on any atom is -0.342 e. The van der Waals surface area contributed by atoms with E-state index in [0.29, 0.717) is 11.8 Å². The molecule has 1 saturated heterocycles. The molecule has 110 valence electrons. The Labute approximate surface area is 127 Å². The lowest BCUT2D eigenvalue weighted by molar-refractivity contribution is -0.138. The standard InChI is InChI=1S/C17H24ClNO/c1-17(2,15-8-4-3-5-9-15)16(20)19-12-6-7-14(13-19)10-11-18/h3-5,8-9,14H,6-7,10-13H2,1-2H3. The van der Waals surface area contributed by atoms with Crippen molar-refractivity contribution in [1.82, 2.24) is 4.90 Å². The summed E-state index contributed by atoms with van der Waals surface area (Å²) in [6.45, 7) is 5.79. The zero-order chi connectivity index (χ0) is 14.6. The minimum atomic E-state index is -0.454. The number of amides is 1. The lowest BCUT2D eigenvalue weighted by Gasteiger charge is -2.37. The molecule has 1 fully saturated rings. The molecule has 2 rings (SSSR count). The molecule has 1 unspecified atom stereocenters. The second-order valence-corrected chi connectivity index (χ2v) is 6.61. The zero-order valence-corrected chi connectivity index (χ0v) is 13.2. The third-order valence-corrected chi connectivity index (χ3v) is 4.57. The maximum atomic E-state index is 12.9. The number of piperidine rings is 1. The topological polar surface area (TPSA) is 20.3 Å². The molecule has 1 aromatic rings. The molecule has 0 radical (unpaired) electrons. The van der Waals surface area contributed by atoms with Crippen molar-refractivity contribution in [1.29, 1.82) is 0 Å². The summed E-state index contributed by atoms with van der Waals surface area (Å²) < 4.78 is 0. The Kier molecular flexibility index (Phi) is 5.09. The summed E-state index contributed by atoms with van der Waals surface area (Å²) in [6.07, 6.45) is 3.30. The number of halogens is 1. The number of hydrogen-bond donors (Lipinski definition) is 0. The maximum absolute atomic E-state index is 12.9. The number of carbonyl (C=O) groups excluding carboxylic acids is 1. The van der Waals surface area contributed by atoms with E-state index in [2.05, 4.69) is 0 Å². The zero-order valence-electron chi connectivity index (χ0n) is 12.4. The molecule has 20 heavy (non-hydrogen) atoms. The van der Waals surface area contributed by atoms with E-state index in [-0.39, 0.29) is 5.91 Å². The van der Waals surface area contributed by atoms with Crippen molar-refractivity contribution in [2.45, 2.75) is 38.5 Å². The number of benzene rings is 1. The minimum absolute atomic E-state index is 0.239. The summed E-state index contributed by atoms with van der Waals surface area (Å²) in [4.78, 5) is 14.9. The van der Waals surface area contributed by atoms with Crippen LogP contribution in [0.3, 0.4) is 0 Å². The Balaban J connectivity index is 2.10. The number of carbonyl (C=O) groups is 1. The van der Waals surface area contributed by atoms with Gasteiger partial charge in [-0.05, 0) is 44.6 Å². The first kappa shape index (κ1) is 15.4. The average Bonchev–Trinajstić information content (AvgIpc) is 2.48. The van der Waals surface area contributed by atoms with Crippen molar-refractivity contribution >= 4 is 17.5 Å². The second-order valence-electron chi connectivity index (χ2n) is 6.23. The fourth-order valence-electron chi connectivity index (χ4n) is 3.01. The van der Waals surface area contributed by atoms with Gasteiger partial charge in [0.25, 0.3) is 0 Å². The van der Waals surface area contributed by atoms with Crippen LogP contribution in [0, 0.1) is 5.92 Å². The summed E-state index contributed by atoms with van der Waals surface area (Å²) in [5, 5.41) is 0. The van der Waals surface area contributed by atoms with Gasteiger partial charge in [0.05, 0.1) is 5.41 Å². The van der Waals surface area contributed by atoms with Gasteiger partial charge in [-0.15, -0.1) is 11.6 Å². The van der Waals surface area contributed by atoms with Crippen LogP contribution in [-0.2, 0) is 10.2 Å². The predicted molar refractivity (Wildman–Crippen MR) is 84.1 cm³/mol. The molecule has 1 atom stereocenters. The molecule has 0 N–H and O–H groups in total. The molecule has 1 heterocycles.